The van der Waals surface area contributed by atoms with Crippen LogP contribution in [0.15, 0.2) is 54.6 Å². The van der Waals surface area contributed by atoms with Gasteiger partial charge in [0.1, 0.15) is 18.0 Å². The molecule has 0 aliphatic rings. The van der Waals surface area contributed by atoms with E-state index in [2.05, 4.69) is 0 Å². The quantitative estimate of drug-likeness (QED) is 0.632. The summed E-state index contributed by atoms with van der Waals surface area (Å²) >= 11 is 0. The SMILES string of the molecule is CN(CCCC(=O)OC(C)(C)C)C(=O)c1ccc(COc2ccccc2)cc1. The molecule has 2 rings (SSSR count). The number of carbonyl (C=O) groups is 2. The van der Waals surface area contributed by atoms with Crippen molar-refractivity contribution >= 4 is 11.9 Å². The monoisotopic (exact) mass is 383 g/mol. The number of benzene rings is 2. The number of para-hydroxylation sites is 1. The number of hydrogen-bond acceptors (Lipinski definition) is 4. The highest BCUT2D eigenvalue weighted by Gasteiger charge is 2.17. The van der Waals surface area contributed by atoms with Gasteiger partial charge in [-0.25, -0.2) is 0 Å². The lowest BCUT2D eigenvalue weighted by Crippen LogP contribution is -2.29. The van der Waals surface area contributed by atoms with Crippen LogP contribution >= 0.6 is 0 Å². The minimum atomic E-state index is -0.481. The summed E-state index contributed by atoms with van der Waals surface area (Å²) in [4.78, 5) is 25.9. The van der Waals surface area contributed by atoms with E-state index >= 15 is 0 Å². The molecular weight excluding hydrogens is 354 g/mol. The van der Waals surface area contributed by atoms with Crippen LogP contribution in [-0.4, -0.2) is 36.0 Å². The number of esters is 1. The number of rotatable bonds is 8. The van der Waals surface area contributed by atoms with Gasteiger partial charge in [-0.2, -0.15) is 0 Å². The molecule has 5 nitrogen and oxygen atoms in total. The van der Waals surface area contributed by atoms with E-state index in [0.29, 0.717) is 31.6 Å². The minimum absolute atomic E-state index is 0.0697. The van der Waals surface area contributed by atoms with E-state index in [1.54, 1.807) is 24.1 Å². The van der Waals surface area contributed by atoms with Crippen molar-refractivity contribution in [2.24, 2.45) is 0 Å². The Morgan fingerprint density at radius 1 is 0.964 bits per heavy atom. The number of nitrogens with zero attached hydrogens (tertiary/aromatic N) is 1. The maximum Gasteiger partial charge on any atom is 0.306 e. The van der Waals surface area contributed by atoms with Crippen molar-refractivity contribution in [1.29, 1.82) is 0 Å². The van der Waals surface area contributed by atoms with Crippen LogP contribution in [-0.2, 0) is 16.1 Å². The van der Waals surface area contributed by atoms with Crippen molar-refractivity contribution in [2.75, 3.05) is 13.6 Å². The normalized spacial score (nSPS) is 11.0. The van der Waals surface area contributed by atoms with Gasteiger partial charge >= 0.3 is 5.97 Å². The molecule has 0 radical (unpaired) electrons. The fourth-order valence-corrected chi connectivity index (χ4v) is 2.60. The standard InChI is InChI=1S/C23H29NO4/c1-23(2,3)28-21(25)11-8-16-24(4)22(26)19-14-12-18(13-15-19)17-27-20-9-6-5-7-10-20/h5-7,9-10,12-15H,8,11,16-17H2,1-4H3. The van der Waals surface area contributed by atoms with E-state index in [-0.39, 0.29) is 11.9 Å². The van der Waals surface area contributed by atoms with E-state index in [0.717, 1.165) is 11.3 Å². The first kappa shape index (κ1) is 21.5. The fraction of sp³-hybridized carbons (Fsp3) is 0.391. The van der Waals surface area contributed by atoms with Gasteiger partial charge in [0.2, 0.25) is 0 Å². The highest BCUT2D eigenvalue weighted by Crippen LogP contribution is 2.14. The highest BCUT2D eigenvalue weighted by atomic mass is 16.6. The average molecular weight is 383 g/mol. The van der Waals surface area contributed by atoms with Crippen molar-refractivity contribution in [3.05, 3.63) is 65.7 Å². The summed E-state index contributed by atoms with van der Waals surface area (Å²) in [6, 6.07) is 17.0. The first-order chi connectivity index (χ1) is 13.2. The summed E-state index contributed by atoms with van der Waals surface area (Å²) in [5, 5.41) is 0. The average Bonchev–Trinajstić information content (AvgIpc) is 2.65. The van der Waals surface area contributed by atoms with Gasteiger partial charge in [0.25, 0.3) is 5.91 Å². The number of ether oxygens (including phenoxy) is 2. The topological polar surface area (TPSA) is 55.8 Å². The third-order valence-electron chi connectivity index (χ3n) is 3.99. The van der Waals surface area contributed by atoms with Gasteiger partial charge < -0.3 is 14.4 Å². The molecule has 0 N–H and O–H groups in total. The molecular formula is C23H29NO4. The zero-order valence-corrected chi connectivity index (χ0v) is 17.1. The number of hydrogen-bond donors (Lipinski definition) is 0. The summed E-state index contributed by atoms with van der Waals surface area (Å²) in [7, 11) is 1.74. The van der Waals surface area contributed by atoms with Crippen LogP contribution in [0.5, 0.6) is 5.75 Å². The molecule has 2 aromatic carbocycles. The van der Waals surface area contributed by atoms with Gasteiger partial charge in [0, 0.05) is 25.6 Å². The van der Waals surface area contributed by atoms with Gasteiger partial charge in [-0.3, -0.25) is 9.59 Å². The predicted octanol–water partition coefficient (Wildman–Crippen LogP) is 4.46. The molecule has 0 heterocycles. The van der Waals surface area contributed by atoms with E-state index in [9.17, 15) is 9.59 Å². The van der Waals surface area contributed by atoms with Crippen LogP contribution in [0, 0.1) is 0 Å². The first-order valence-corrected chi connectivity index (χ1v) is 9.49. The maximum absolute atomic E-state index is 12.5. The molecule has 2 aromatic rings. The molecule has 0 aliphatic carbocycles. The van der Waals surface area contributed by atoms with Crippen molar-refractivity contribution in [2.45, 2.75) is 45.8 Å². The predicted molar refractivity (Wildman–Crippen MR) is 109 cm³/mol. The molecule has 28 heavy (non-hydrogen) atoms. The Balaban J connectivity index is 1.79. The van der Waals surface area contributed by atoms with Crippen LogP contribution in [0.3, 0.4) is 0 Å². The minimum Gasteiger partial charge on any atom is -0.489 e. The van der Waals surface area contributed by atoms with Crippen molar-refractivity contribution in [1.82, 2.24) is 4.90 Å². The summed E-state index contributed by atoms with van der Waals surface area (Å²) in [5.41, 5.74) is 1.13. The second kappa shape index (κ2) is 9.93. The van der Waals surface area contributed by atoms with Crippen LogP contribution in [0.1, 0.15) is 49.5 Å². The van der Waals surface area contributed by atoms with Crippen LogP contribution < -0.4 is 4.74 Å². The molecule has 0 saturated heterocycles. The Morgan fingerprint density at radius 3 is 2.21 bits per heavy atom. The van der Waals surface area contributed by atoms with E-state index in [4.69, 9.17) is 9.47 Å². The molecule has 0 aliphatic heterocycles. The number of carbonyl (C=O) groups excluding carboxylic acids is 2. The molecule has 0 unspecified atom stereocenters. The molecule has 1 amide bonds. The molecule has 5 heteroatoms. The van der Waals surface area contributed by atoms with Crippen LogP contribution in [0.25, 0.3) is 0 Å². The third kappa shape index (κ3) is 7.43. The first-order valence-electron chi connectivity index (χ1n) is 9.49. The Kier molecular flexibility index (Phi) is 7.61. The largest absolute Gasteiger partial charge is 0.489 e. The maximum atomic E-state index is 12.5. The Labute approximate surface area is 167 Å². The van der Waals surface area contributed by atoms with Crippen molar-refractivity contribution in [3.8, 4) is 5.75 Å². The Hall–Kier alpha value is -2.82. The lowest BCUT2D eigenvalue weighted by Gasteiger charge is -2.20. The van der Waals surface area contributed by atoms with E-state index < -0.39 is 5.60 Å². The second-order valence-electron chi connectivity index (χ2n) is 7.72. The third-order valence-corrected chi connectivity index (χ3v) is 3.99. The van der Waals surface area contributed by atoms with Gasteiger partial charge in [0.05, 0.1) is 0 Å². The van der Waals surface area contributed by atoms with Crippen molar-refractivity contribution < 1.29 is 19.1 Å². The number of amides is 1. The molecule has 0 spiro atoms. The van der Waals surface area contributed by atoms with E-state index in [1.807, 2.05) is 63.2 Å². The molecule has 0 atom stereocenters. The molecule has 0 saturated carbocycles. The summed E-state index contributed by atoms with van der Waals surface area (Å²) in [6.07, 6.45) is 0.866. The van der Waals surface area contributed by atoms with Gasteiger partial charge in [-0.05, 0) is 57.0 Å². The highest BCUT2D eigenvalue weighted by molar-refractivity contribution is 5.94. The fourth-order valence-electron chi connectivity index (χ4n) is 2.60. The molecule has 0 fully saturated rings. The van der Waals surface area contributed by atoms with Gasteiger partial charge in [-0.1, -0.05) is 30.3 Å². The lowest BCUT2D eigenvalue weighted by molar-refractivity contribution is -0.154. The summed E-state index contributed by atoms with van der Waals surface area (Å²) < 4.78 is 11.0. The zero-order chi connectivity index (χ0) is 20.6. The Morgan fingerprint density at radius 2 is 1.61 bits per heavy atom. The van der Waals surface area contributed by atoms with Crippen molar-refractivity contribution in [3.63, 3.8) is 0 Å². The van der Waals surface area contributed by atoms with Crippen LogP contribution in [0.4, 0.5) is 0 Å². The smallest absolute Gasteiger partial charge is 0.306 e. The van der Waals surface area contributed by atoms with Gasteiger partial charge in [-0.15, -0.1) is 0 Å². The lowest BCUT2D eigenvalue weighted by atomic mass is 10.1. The summed E-state index contributed by atoms with van der Waals surface area (Å²) in [5.74, 6) is 0.503. The Bertz CT molecular complexity index is 763. The summed E-state index contributed by atoms with van der Waals surface area (Å²) in [6.45, 7) is 6.47. The second-order valence-corrected chi connectivity index (χ2v) is 7.72. The molecule has 150 valence electrons. The van der Waals surface area contributed by atoms with Crippen LogP contribution in [0.2, 0.25) is 0 Å². The zero-order valence-electron chi connectivity index (χ0n) is 17.1. The molecule has 0 bridgehead atoms. The van der Waals surface area contributed by atoms with E-state index in [1.165, 1.54) is 0 Å². The van der Waals surface area contributed by atoms with Gasteiger partial charge in [0.15, 0.2) is 0 Å². The molecule has 0 aromatic heterocycles.